The quantitative estimate of drug-likeness (QED) is 0.546. The standard InChI is InChI=1S/C13H15BrFNO5S/c1-22(18,19)20-4-2-3-16-8-12(21-13(16)17)9-5-10(14)7-11(15)6-9/h5-7,12H,2-4,8H2,1H3. The van der Waals surface area contributed by atoms with Gasteiger partial charge >= 0.3 is 6.09 Å². The lowest BCUT2D eigenvalue weighted by Gasteiger charge is -2.12. The van der Waals surface area contributed by atoms with Gasteiger partial charge in [0.1, 0.15) is 11.9 Å². The van der Waals surface area contributed by atoms with E-state index in [4.69, 9.17) is 4.74 Å². The van der Waals surface area contributed by atoms with Gasteiger partial charge in [-0.2, -0.15) is 8.42 Å². The molecule has 1 amide bonds. The molecule has 0 N–H and O–H groups in total. The summed E-state index contributed by atoms with van der Waals surface area (Å²) >= 11 is 3.19. The smallest absolute Gasteiger partial charge is 0.410 e. The van der Waals surface area contributed by atoms with Gasteiger partial charge in [-0.1, -0.05) is 15.9 Å². The number of benzene rings is 1. The summed E-state index contributed by atoms with van der Waals surface area (Å²) in [6.07, 6.45) is 0.275. The second kappa shape index (κ2) is 6.93. The highest BCUT2D eigenvalue weighted by Gasteiger charge is 2.32. The van der Waals surface area contributed by atoms with E-state index in [9.17, 15) is 17.6 Å². The molecule has 2 rings (SSSR count). The lowest BCUT2D eigenvalue weighted by molar-refractivity contribution is 0.132. The molecule has 1 aliphatic rings. The lowest BCUT2D eigenvalue weighted by atomic mass is 10.1. The Morgan fingerprint density at radius 3 is 2.82 bits per heavy atom. The van der Waals surface area contributed by atoms with Crippen LogP contribution in [0.1, 0.15) is 18.1 Å². The number of nitrogens with zero attached hydrogens (tertiary/aromatic N) is 1. The fourth-order valence-electron chi connectivity index (χ4n) is 2.09. The third-order valence-corrected chi connectivity index (χ3v) is 4.07. The minimum atomic E-state index is -3.48. The molecular weight excluding hydrogens is 381 g/mol. The molecule has 0 aromatic heterocycles. The number of halogens is 2. The zero-order valence-corrected chi connectivity index (χ0v) is 14.2. The molecule has 1 aromatic carbocycles. The van der Waals surface area contributed by atoms with Crippen molar-refractivity contribution < 1.29 is 26.5 Å². The van der Waals surface area contributed by atoms with E-state index in [0.717, 1.165) is 6.26 Å². The molecule has 1 heterocycles. The van der Waals surface area contributed by atoms with Crippen LogP contribution < -0.4 is 0 Å². The second-order valence-electron chi connectivity index (χ2n) is 4.90. The fraction of sp³-hybridized carbons (Fsp3) is 0.462. The first-order valence-electron chi connectivity index (χ1n) is 6.50. The van der Waals surface area contributed by atoms with E-state index in [-0.39, 0.29) is 13.2 Å². The number of cyclic esters (lactones) is 1. The topological polar surface area (TPSA) is 72.9 Å². The molecule has 0 radical (unpaired) electrons. The third kappa shape index (κ3) is 4.92. The molecule has 0 spiro atoms. The maximum atomic E-state index is 13.4. The summed E-state index contributed by atoms with van der Waals surface area (Å²) in [7, 11) is -3.48. The Hall–Kier alpha value is -1.19. The van der Waals surface area contributed by atoms with Crippen molar-refractivity contribution in [2.75, 3.05) is 26.0 Å². The van der Waals surface area contributed by atoms with Gasteiger partial charge in [0.05, 0.1) is 19.4 Å². The molecule has 1 saturated heterocycles. The van der Waals surface area contributed by atoms with Crippen molar-refractivity contribution in [2.24, 2.45) is 0 Å². The summed E-state index contributed by atoms with van der Waals surface area (Å²) in [6.45, 7) is 0.591. The minimum absolute atomic E-state index is 0.00120. The van der Waals surface area contributed by atoms with Crippen LogP contribution >= 0.6 is 15.9 Å². The Morgan fingerprint density at radius 2 is 2.18 bits per heavy atom. The Morgan fingerprint density at radius 1 is 1.45 bits per heavy atom. The van der Waals surface area contributed by atoms with Gasteiger partial charge in [-0.05, 0) is 30.2 Å². The van der Waals surface area contributed by atoms with Crippen molar-refractivity contribution in [3.8, 4) is 0 Å². The van der Waals surface area contributed by atoms with Gasteiger partial charge in [0, 0.05) is 11.0 Å². The van der Waals surface area contributed by atoms with Crippen LogP contribution in [0, 0.1) is 5.82 Å². The van der Waals surface area contributed by atoms with Gasteiger partial charge in [-0.3, -0.25) is 4.18 Å². The first kappa shape index (κ1) is 17.2. The maximum absolute atomic E-state index is 13.4. The highest BCUT2D eigenvalue weighted by atomic mass is 79.9. The van der Waals surface area contributed by atoms with Crippen molar-refractivity contribution >= 4 is 32.1 Å². The molecule has 6 nitrogen and oxygen atoms in total. The number of amides is 1. The van der Waals surface area contributed by atoms with Crippen molar-refractivity contribution in [3.05, 3.63) is 34.1 Å². The van der Waals surface area contributed by atoms with Crippen molar-refractivity contribution in [3.63, 3.8) is 0 Å². The summed E-state index contributed by atoms with van der Waals surface area (Å²) in [5.74, 6) is -0.416. The number of hydrogen-bond donors (Lipinski definition) is 0. The normalized spacial score (nSPS) is 18.6. The van der Waals surface area contributed by atoms with Crippen LogP contribution in [0.25, 0.3) is 0 Å². The molecule has 1 aromatic rings. The maximum Gasteiger partial charge on any atom is 0.410 e. The number of rotatable bonds is 6. The molecule has 9 heteroatoms. The molecule has 1 unspecified atom stereocenters. The molecule has 0 aliphatic carbocycles. The number of ether oxygens (including phenoxy) is 1. The second-order valence-corrected chi connectivity index (χ2v) is 7.46. The van der Waals surface area contributed by atoms with Crippen LogP contribution in [0.15, 0.2) is 22.7 Å². The van der Waals surface area contributed by atoms with Crippen LogP contribution in [0.5, 0.6) is 0 Å². The zero-order chi connectivity index (χ0) is 16.3. The van der Waals surface area contributed by atoms with E-state index >= 15 is 0 Å². The summed E-state index contributed by atoms with van der Waals surface area (Å²) in [5.41, 5.74) is 0.565. The zero-order valence-electron chi connectivity index (χ0n) is 11.8. The predicted octanol–water partition coefficient (Wildman–Crippen LogP) is 2.45. The van der Waals surface area contributed by atoms with Gasteiger partial charge in [0.15, 0.2) is 0 Å². The van der Waals surface area contributed by atoms with Gasteiger partial charge < -0.3 is 9.64 Å². The Balaban J connectivity index is 1.90. The molecule has 1 aliphatic heterocycles. The summed E-state index contributed by atoms with van der Waals surface area (Å²) < 4.78 is 45.4. The lowest BCUT2D eigenvalue weighted by Crippen LogP contribution is -2.26. The number of carbonyl (C=O) groups is 1. The minimum Gasteiger partial charge on any atom is -0.439 e. The van der Waals surface area contributed by atoms with Crippen LogP contribution in [0.2, 0.25) is 0 Å². The first-order valence-corrected chi connectivity index (χ1v) is 9.11. The first-order chi connectivity index (χ1) is 10.2. The third-order valence-electron chi connectivity index (χ3n) is 3.01. The number of carbonyl (C=O) groups excluding carboxylic acids is 1. The molecule has 0 saturated carbocycles. The van der Waals surface area contributed by atoms with Crippen LogP contribution in [-0.2, 0) is 19.0 Å². The molecule has 0 bridgehead atoms. The monoisotopic (exact) mass is 395 g/mol. The largest absolute Gasteiger partial charge is 0.439 e. The SMILES string of the molecule is CS(=O)(=O)OCCCN1CC(c2cc(F)cc(Br)c2)OC1=O. The van der Waals surface area contributed by atoms with Gasteiger partial charge in [-0.25, -0.2) is 9.18 Å². The average molecular weight is 396 g/mol. The van der Waals surface area contributed by atoms with E-state index in [1.54, 1.807) is 6.07 Å². The van der Waals surface area contributed by atoms with Gasteiger partial charge in [0.25, 0.3) is 10.1 Å². The summed E-state index contributed by atoms with van der Waals surface area (Å²) in [5, 5.41) is 0. The Bertz CT molecular complexity index is 646. The van der Waals surface area contributed by atoms with Crippen LogP contribution in [0.3, 0.4) is 0 Å². The summed E-state index contributed by atoms with van der Waals surface area (Å²) in [4.78, 5) is 13.2. The molecule has 22 heavy (non-hydrogen) atoms. The van der Waals surface area contributed by atoms with Crippen molar-refractivity contribution in [2.45, 2.75) is 12.5 Å². The van der Waals surface area contributed by atoms with E-state index < -0.39 is 28.1 Å². The van der Waals surface area contributed by atoms with E-state index in [2.05, 4.69) is 20.1 Å². The molecule has 1 fully saturated rings. The summed E-state index contributed by atoms with van der Waals surface area (Å²) in [6, 6.07) is 4.33. The Labute approximate surface area is 136 Å². The average Bonchev–Trinajstić information content (AvgIpc) is 2.74. The van der Waals surface area contributed by atoms with Gasteiger partial charge in [-0.15, -0.1) is 0 Å². The van der Waals surface area contributed by atoms with Crippen molar-refractivity contribution in [1.82, 2.24) is 4.90 Å². The highest BCUT2D eigenvalue weighted by Crippen LogP contribution is 2.28. The highest BCUT2D eigenvalue weighted by molar-refractivity contribution is 9.10. The van der Waals surface area contributed by atoms with Crippen LogP contribution in [0.4, 0.5) is 9.18 Å². The Kier molecular flexibility index (Phi) is 5.41. The molecular formula is C13H15BrFNO5S. The number of hydrogen-bond acceptors (Lipinski definition) is 5. The predicted molar refractivity (Wildman–Crippen MR) is 80.3 cm³/mol. The van der Waals surface area contributed by atoms with E-state index in [0.29, 0.717) is 23.0 Å². The fourth-order valence-corrected chi connectivity index (χ4v) is 2.99. The van der Waals surface area contributed by atoms with Crippen LogP contribution in [-0.4, -0.2) is 45.4 Å². The molecule has 1 atom stereocenters. The van der Waals surface area contributed by atoms with E-state index in [1.165, 1.54) is 17.0 Å². The van der Waals surface area contributed by atoms with Gasteiger partial charge in [0.2, 0.25) is 0 Å². The molecule has 122 valence electrons. The van der Waals surface area contributed by atoms with E-state index in [1.807, 2.05) is 0 Å². The van der Waals surface area contributed by atoms with Crippen molar-refractivity contribution in [1.29, 1.82) is 0 Å².